The monoisotopic (exact) mass is 312 g/mol. The minimum atomic E-state index is 0.317. The number of nitrogens with zero attached hydrogens (tertiary/aromatic N) is 4. The predicted molar refractivity (Wildman–Crippen MR) is 92.8 cm³/mol. The Labute approximate surface area is 135 Å². The Balaban J connectivity index is 2.16. The van der Waals surface area contributed by atoms with Crippen molar-refractivity contribution in [1.82, 2.24) is 19.7 Å². The van der Waals surface area contributed by atoms with Crippen LogP contribution in [0.4, 0.5) is 0 Å². The summed E-state index contributed by atoms with van der Waals surface area (Å²) in [6, 6.07) is 10.2. The summed E-state index contributed by atoms with van der Waals surface area (Å²) in [5.41, 5.74) is 1.98. The first-order valence-corrected chi connectivity index (χ1v) is 8.89. The molecule has 0 bridgehead atoms. The van der Waals surface area contributed by atoms with Gasteiger partial charge < -0.3 is 0 Å². The van der Waals surface area contributed by atoms with Crippen LogP contribution in [-0.4, -0.2) is 31.8 Å². The van der Waals surface area contributed by atoms with E-state index < -0.39 is 0 Å². The van der Waals surface area contributed by atoms with Crippen LogP contribution in [-0.2, 0) is 6.42 Å². The van der Waals surface area contributed by atoms with Crippen LogP contribution in [0.5, 0.6) is 0 Å². The summed E-state index contributed by atoms with van der Waals surface area (Å²) in [5.74, 6) is 3.26. The van der Waals surface area contributed by atoms with Crippen molar-refractivity contribution in [2.24, 2.45) is 0 Å². The molecule has 0 aliphatic heterocycles. The van der Waals surface area contributed by atoms with Gasteiger partial charge in [0.05, 0.1) is 11.2 Å². The van der Waals surface area contributed by atoms with Crippen LogP contribution in [0.25, 0.3) is 16.6 Å². The Bertz CT molecular complexity index is 774. The number of hydrogen-bond donors (Lipinski definition) is 0. The molecule has 0 N–H and O–H groups in total. The van der Waals surface area contributed by atoms with Gasteiger partial charge in [-0.1, -0.05) is 32.0 Å². The van der Waals surface area contributed by atoms with Gasteiger partial charge in [-0.25, -0.2) is 9.67 Å². The van der Waals surface area contributed by atoms with Gasteiger partial charge in [0.2, 0.25) is 0 Å². The Morgan fingerprint density at radius 2 is 2.00 bits per heavy atom. The molecule has 3 rings (SSSR count). The Morgan fingerprint density at radius 1 is 1.18 bits per heavy atom. The zero-order chi connectivity index (χ0) is 15.5. The molecule has 114 valence electrons. The van der Waals surface area contributed by atoms with E-state index in [4.69, 9.17) is 10.1 Å². The van der Waals surface area contributed by atoms with E-state index in [1.807, 2.05) is 28.7 Å². The molecule has 2 aromatic heterocycles. The zero-order valence-corrected chi connectivity index (χ0v) is 14.0. The molecule has 0 spiro atoms. The largest absolute Gasteiger partial charge is 0.254 e. The molecule has 4 nitrogen and oxygen atoms in total. The normalized spacial score (nSPS) is 11.5. The predicted octanol–water partition coefficient (Wildman–Crippen LogP) is 3.84. The summed E-state index contributed by atoms with van der Waals surface area (Å²) < 4.78 is 1.97. The SMILES string of the molecule is CSCCc1nc(C(C)C)nn1-c1cccc2cccnc12. The number of aromatic nitrogens is 4. The highest BCUT2D eigenvalue weighted by Gasteiger charge is 2.15. The quantitative estimate of drug-likeness (QED) is 0.718. The maximum atomic E-state index is 4.74. The Morgan fingerprint density at radius 3 is 2.77 bits per heavy atom. The van der Waals surface area contributed by atoms with Crippen molar-refractivity contribution in [2.75, 3.05) is 12.0 Å². The summed E-state index contributed by atoms with van der Waals surface area (Å²) in [6.07, 6.45) is 4.85. The number of hydrogen-bond acceptors (Lipinski definition) is 4. The van der Waals surface area contributed by atoms with E-state index in [0.29, 0.717) is 5.92 Å². The van der Waals surface area contributed by atoms with Gasteiger partial charge in [0, 0.05) is 29.7 Å². The van der Waals surface area contributed by atoms with Gasteiger partial charge >= 0.3 is 0 Å². The second kappa shape index (κ2) is 6.48. The van der Waals surface area contributed by atoms with Crippen LogP contribution in [0.1, 0.15) is 31.4 Å². The lowest BCUT2D eigenvalue weighted by atomic mass is 10.2. The van der Waals surface area contributed by atoms with E-state index in [-0.39, 0.29) is 0 Å². The Kier molecular flexibility index (Phi) is 4.43. The molecular weight excluding hydrogens is 292 g/mol. The number of pyridine rings is 1. The molecule has 0 saturated heterocycles. The number of fused-ring (bicyclic) bond motifs is 1. The summed E-state index contributed by atoms with van der Waals surface area (Å²) in [6.45, 7) is 4.25. The standard InChI is InChI=1S/C17H20N4S/c1-12(2)17-19-15(9-11-22-3)21(20-17)14-8-4-6-13-7-5-10-18-16(13)14/h4-8,10,12H,9,11H2,1-3H3. The summed E-state index contributed by atoms with van der Waals surface area (Å²) in [4.78, 5) is 9.28. The molecule has 0 atom stereocenters. The molecular formula is C17H20N4S. The molecule has 2 heterocycles. The maximum absolute atomic E-state index is 4.74. The third kappa shape index (κ3) is 2.86. The third-order valence-corrected chi connectivity index (χ3v) is 4.19. The fourth-order valence-electron chi connectivity index (χ4n) is 2.41. The lowest BCUT2D eigenvalue weighted by Gasteiger charge is -2.08. The molecule has 0 radical (unpaired) electrons. The van der Waals surface area contributed by atoms with E-state index in [0.717, 1.165) is 40.4 Å². The minimum Gasteiger partial charge on any atom is -0.254 e. The molecule has 0 fully saturated rings. The van der Waals surface area contributed by atoms with Crippen molar-refractivity contribution in [3.05, 3.63) is 48.2 Å². The lowest BCUT2D eigenvalue weighted by Crippen LogP contribution is -2.05. The summed E-state index contributed by atoms with van der Waals surface area (Å²) in [7, 11) is 0. The van der Waals surface area contributed by atoms with Crippen LogP contribution in [0, 0.1) is 0 Å². The van der Waals surface area contributed by atoms with Crippen molar-refractivity contribution in [1.29, 1.82) is 0 Å². The van der Waals surface area contributed by atoms with Crippen LogP contribution in [0.3, 0.4) is 0 Å². The topological polar surface area (TPSA) is 43.6 Å². The number of rotatable bonds is 5. The smallest absolute Gasteiger partial charge is 0.153 e. The average molecular weight is 312 g/mol. The van der Waals surface area contributed by atoms with E-state index in [9.17, 15) is 0 Å². The highest BCUT2D eigenvalue weighted by Crippen LogP contribution is 2.22. The van der Waals surface area contributed by atoms with Crippen molar-refractivity contribution in [2.45, 2.75) is 26.2 Å². The molecule has 0 aliphatic rings. The molecule has 0 amide bonds. The molecule has 0 saturated carbocycles. The van der Waals surface area contributed by atoms with Crippen LogP contribution in [0.15, 0.2) is 36.5 Å². The maximum Gasteiger partial charge on any atom is 0.153 e. The molecule has 0 aliphatic carbocycles. The fraction of sp³-hybridized carbons (Fsp3) is 0.353. The number of para-hydroxylation sites is 1. The number of thioether (sulfide) groups is 1. The highest BCUT2D eigenvalue weighted by atomic mass is 32.2. The zero-order valence-electron chi connectivity index (χ0n) is 13.2. The van der Waals surface area contributed by atoms with Crippen molar-refractivity contribution < 1.29 is 0 Å². The fourth-order valence-corrected chi connectivity index (χ4v) is 2.80. The Hall–Kier alpha value is -1.88. The molecule has 3 aromatic rings. The van der Waals surface area contributed by atoms with Gasteiger partial charge in [0.15, 0.2) is 5.82 Å². The minimum absolute atomic E-state index is 0.317. The van der Waals surface area contributed by atoms with Gasteiger partial charge in [-0.15, -0.1) is 0 Å². The highest BCUT2D eigenvalue weighted by molar-refractivity contribution is 7.98. The van der Waals surface area contributed by atoms with E-state index in [1.165, 1.54) is 0 Å². The van der Waals surface area contributed by atoms with Crippen molar-refractivity contribution in [3.63, 3.8) is 0 Å². The second-order valence-corrected chi connectivity index (χ2v) is 6.53. The van der Waals surface area contributed by atoms with Crippen LogP contribution < -0.4 is 0 Å². The first-order valence-electron chi connectivity index (χ1n) is 7.49. The molecule has 0 unspecified atom stereocenters. The van der Waals surface area contributed by atoms with Gasteiger partial charge in [0.1, 0.15) is 5.82 Å². The van der Waals surface area contributed by atoms with E-state index >= 15 is 0 Å². The van der Waals surface area contributed by atoms with Crippen molar-refractivity contribution in [3.8, 4) is 5.69 Å². The molecule has 5 heteroatoms. The molecule has 1 aromatic carbocycles. The van der Waals surface area contributed by atoms with Crippen molar-refractivity contribution >= 4 is 22.7 Å². The first-order chi connectivity index (χ1) is 10.7. The van der Waals surface area contributed by atoms with Gasteiger partial charge in [-0.05, 0) is 18.4 Å². The number of aryl methyl sites for hydroxylation is 1. The average Bonchev–Trinajstić information content (AvgIpc) is 2.96. The number of benzene rings is 1. The summed E-state index contributed by atoms with van der Waals surface area (Å²) in [5, 5.41) is 5.86. The lowest BCUT2D eigenvalue weighted by molar-refractivity contribution is 0.749. The van der Waals surface area contributed by atoms with Gasteiger partial charge in [0.25, 0.3) is 0 Å². The second-order valence-electron chi connectivity index (χ2n) is 5.55. The van der Waals surface area contributed by atoms with E-state index in [1.54, 1.807) is 0 Å². The van der Waals surface area contributed by atoms with Gasteiger partial charge in [-0.2, -0.15) is 16.9 Å². The first kappa shape index (κ1) is 15.0. The summed E-state index contributed by atoms with van der Waals surface area (Å²) >= 11 is 1.82. The van der Waals surface area contributed by atoms with Crippen LogP contribution in [0.2, 0.25) is 0 Å². The van der Waals surface area contributed by atoms with E-state index in [2.05, 4.69) is 49.4 Å². The molecule has 22 heavy (non-hydrogen) atoms. The van der Waals surface area contributed by atoms with Gasteiger partial charge in [-0.3, -0.25) is 4.98 Å². The third-order valence-electron chi connectivity index (χ3n) is 3.58. The van der Waals surface area contributed by atoms with Crippen LogP contribution >= 0.6 is 11.8 Å².